The van der Waals surface area contributed by atoms with Crippen LogP contribution in [-0.2, 0) is 0 Å². The van der Waals surface area contributed by atoms with E-state index in [2.05, 4.69) is 38.0 Å². The third kappa shape index (κ3) is 8.79. The van der Waals surface area contributed by atoms with Crippen molar-refractivity contribution in [2.24, 2.45) is 0 Å². The SMILES string of the molecule is CN(C)CCCN(CCCN(C)C)C(=O)c1ccc(N)cc1.Cl. The molecule has 1 amide bonds. The van der Waals surface area contributed by atoms with Crippen LogP contribution in [0.3, 0.4) is 0 Å². The van der Waals surface area contributed by atoms with Crippen LogP contribution in [0.15, 0.2) is 24.3 Å². The van der Waals surface area contributed by atoms with E-state index in [4.69, 9.17) is 5.73 Å². The zero-order valence-electron chi connectivity index (χ0n) is 14.8. The molecule has 0 heterocycles. The molecule has 2 N–H and O–H groups in total. The van der Waals surface area contributed by atoms with Crippen LogP contribution < -0.4 is 5.73 Å². The first-order chi connectivity index (χ1) is 10.4. The average molecular weight is 343 g/mol. The number of hydrogen-bond acceptors (Lipinski definition) is 4. The number of amides is 1. The van der Waals surface area contributed by atoms with Crippen molar-refractivity contribution in [3.05, 3.63) is 29.8 Å². The summed E-state index contributed by atoms with van der Waals surface area (Å²) in [6, 6.07) is 7.18. The molecule has 1 aromatic carbocycles. The Labute approximate surface area is 146 Å². The van der Waals surface area contributed by atoms with E-state index in [1.54, 1.807) is 12.1 Å². The van der Waals surface area contributed by atoms with E-state index in [0.717, 1.165) is 39.0 Å². The third-order valence-electron chi connectivity index (χ3n) is 3.51. The van der Waals surface area contributed by atoms with Gasteiger partial charge in [0.2, 0.25) is 0 Å². The van der Waals surface area contributed by atoms with Crippen molar-refractivity contribution in [1.82, 2.24) is 14.7 Å². The fraction of sp³-hybridized carbons (Fsp3) is 0.588. The van der Waals surface area contributed by atoms with Gasteiger partial charge in [0.05, 0.1) is 0 Å². The number of rotatable bonds is 9. The lowest BCUT2D eigenvalue weighted by atomic mass is 10.1. The van der Waals surface area contributed by atoms with Crippen LogP contribution >= 0.6 is 12.4 Å². The minimum absolute atomic E-state index is 0. The first-order valence-electron chi connectivity index (χ1n) is 7.84. The van der Waals surface area contributed by atoms with Gasteiger partial charge in [0, 0.05) is 24.3 Å². The second kappa shape index (κ2) is 11.3. The van der Waals surface area contributed by atoms with Gasteiger partial charge >= 0.3 is 0 Å². The summed E-state index contributed by atoms with van der Waals surface area (Å²) in [5.41, 5.74) is 7.09. The van der Waals surface area contributed by atoms with E-state index in [1.165, 1.54) is 0 Å². The first kappa shape index (κ1) is 21.7. The van der Waals surface area contributed by atoms with Gasteiger partial charge in [-0.05, 0) is 78.4 Å². The summed E-state index contributed by atoms with van der Waals surface area (Å²) in [5, 5.41) is 0. The fourth-order valence-corrected chi connectivity index (χ4v) is 2.28. The minimum Gasteiger partial charge on any atom is -0.399 e. The van der Waals surface area contributed by atoms with Crippen molar-refractivity contribution in [3.8, 4) is 0 Å². The monoisotopic (exact) mass is 342 g/mol. The molecule has 0 aliphatic heterocycles. The Morgan fingerprint density at radius 1 is 0.870 bits per heavy atom. The maximum atomic E-state index is 12.7. The second-order valence-corrected chi connectivity index (χ2v) is 6.23. The minimum atomic E-state index is 0. The molecule has 0 radical (unpaired) electrons. The number of benzene rings is 1. The van der Waals surface area contributed by atoms with Crippen LogP contribution in [0.25, 0.3) is 0 Å². The topological polar surface area (TPSA) is 52.8 Å². The molecule has 0 unspecified atom stereocenters. The highest BCUT2D eigenvalue weighted by Crippen LogP contribution is 2.10. The molecule has 0 saturated carbocycles. The van der Waals surface area contributed by atoms with Crippen molar-refractivity contribution in [2.75, 3.05) is 60.1 Å². The normalized spacial score (nSPS) is 10.7. The fourth-order valence-electron chi connectivity index (χ4n) is 2.28. The molecule has 5 nitrogen and oxygen atoms in total. The average Bonchev–Trinajstić information content (AvgIpc) is 2.45. The number of anilines is 1. The molecule has 0 saturated heterocycles. The molecule has 0 aliphatic rings. The smallest absolute Gasteiger partial charge is 0.253 e. The van der Waals surface area contributed by atoms with Gasteiger partial charge < -0.3 is 20.4 Å². The van der Waals surface area contributed by atoms with Crippen LogP contribution in [0, 0.1) is 0 Å². The highest BCUT2D eigenvalue weighted by atomic mass is 35.5. The molecule has 0 fully saturated rings. The first-order valence-corrected chi connectivity index (χ1v) is 7.84. The maximum absolute atomic E-state index is 12.7. The number of nitrogens with two attached hydrogens (primary N) is 1. The predicted molar refractivity (Wildman–Crippen MR) is 100 cm³/mol. The van der Waals surface area contributed by atoms with Gasteiger partial charge in [-0.15, -0.1) is 12.4 Å². The van der Waals surface area contributed by atoms with E-state index in [1.807, 2.05) is 17.0 Å². The molecule has 1 rings (SSSR count). The lowest BCUT2D eigenvalue weighted by molar-refractivity contribution is 0.0744. The Bertz CT molecular complexity index is 434. The molecule has 0 atom stereocenters. The van der Waals surface area contributed by atoms with Gasteiger partial charge in [-0.3, -0.25) is 4.79 Å². The summed E-state index contributed by atoms with van der Waals surface area (Å²) in [5.74, 6) is 0.0949. The Morgan fingerprint density at radius 3 is 1.70 bits per heavy atom. The maximum Gasteiger partial charge on any atom is 0.253 e. The van der Waals surface area contributed by atoms with Gasteiger partial charge in [-0.2, -0.15) is 0 Å². The van der Waals surface area contributed by atoms with Gasteiger partial charge in [0.1, 0.15) is 0 Å². The molecular weight excluding hydrogens is 312 g/mol. The van der Waals surface area contributed by atoms with Crippen LogP contribution in [0.4, 0.5) is 5.69 Å². The summed E-state index contributed by atoms with van der Waals surface area (Å²) in [6.07, 6.45) is 1.96. The van der Waals surface area contributed by atoms with Gasteiger partial charge in [0.25, 0.3) is 5.91 Å². The molecular formula is C17H31ClN4O. The molecule has 1 aromatic rings. The number of nitrogens with zero attached hydrogens (tertiary/aromatic N) is 3. The lowest BCUT2D eigenvalue weighted by Gasteiger charge is -2.24. The summed E-state index contributed by atoms with van der Waals surface area (Å²) in [7, 11) is 8.21. The van der Waals surface area contributed by atoms with Gasteiger partial charge in [-0.25, -0.2) is 0 Å². The van der Waals surface area contributed by atoms with Crippen LogP contribution in [-0.4, -0.2) is 75.0 Å². The predicted octanol–water partition coefficient (Wildman–Crippen LogP) is 2.04. The Kier molecular flexibility index (Phi) is 10.6. The van der Waals surface area contributed by atoms with Crippen molar-refractivity contribution in [2.45, 2.75) is 12.8 Å². The van der Waals surface area contributed by atoms with E-state index in [-0.39, 0.29) is 18.3 Å². The van der Waals surface area contributed by atoms with E-state index < -0.39 is 0 Å². The number of hydrogen-bond donors (Lipinski definition) is 1. The zero-order chi connectivity index (χ0) is 16.5. The summed E-state index contributed by atoms with van der Waals surface area (Å²) in [4.78, 5) is 18.9. The third-order valence-corrected chi connectivity index (χ3v) is 3.51. The van der Waals surface area contributed by atoms with Crippen LogP contribution in [0.5, 0.6) is 0 Å². The molecule has 0 spiro atoms. The van der Waals surface area contributed by atoms with Crippen molar-refractivity contribution < 1.29 is 4.79 Å². The lowest BCUT2D eigenvalue weighted by Crippen LogP contribution is -2.35. The summed E-state index contributed by atoms with van der Waals surface area (Å²) >= 11 is 0. The van der Waals surface area contributed by atoms with Crippen molar-refractivity contribution in [1.29, 1.82) is 0 Å². The van der Waals surface area contributed by atoms with E-state index in [0.29, 0.717) is 11.3 Å². The zero-order valence-corrected chi connectivity index (χ0v) is 15.6. The number of carbonyl (C=O) groups is 1. The number of nitrogen functional groups attached to an aromatic ring is 1. The highest BCUT2D eigenvalue weighted by Gasteiger charge is 2.15. The standard InChI is InChI=1S/C17H30N4O.ClH/c1-19(2)11-5-13-21(14-6-12-20(3)4)17(22)15-7-9-16(18)10-8-15;/h7-10H,5-6,11-14,18H2,1-4H3;1H. The summed E-state index contributed by atoms with van der Waals surface area (Å²) < 4.78 is 0. The van der Waals surface area contributed by atoms with Crippen LogP contribution in [0.1, 0.15) is 23.2 Å². The Hall–Kier alpha value is -1.30. The van der Waals surface area contributed by atoms with Crippen LogP contribution in [0.2, 0.25) is 0 Å². The second-order valence-electron chi connectivity index (χ2n) is 6.23. The van der Waals surface area contributed by atoms with E-state index >= 15 is 0 Å². The molecule has 6 heteroatoms. The van der Waals surface area contributed by atoms with Crippen molar-refractivity contribution >= 4 is 24.0 Å². The summed E-state index contributed by atoms with van der Waals surface area (Å²) in [6.45, 7) is 3.54. The Balaban J connectivity index is 0.00000484. The molecule has 23 heavy (non-hydrogen) atoms. The number of halogens is 1. The molecule has 0 aromatic heterocycles. The largest absolute Gasteiger partial charge is 0.399 e. The Morgan fingerprint density at radius 2 is 1.30 bits per heavy atom. The molecule has 0 bridgehead atoms. The van der Waals surface area contributed by atoms with Gasteiger partial charge in [0.15, 0.2) is 0 Å². The molecule has 132 valence electrons. The van der Waals surface area contributed by atoms with Gasteiger partial charge in [-0.1, -0.05) is 0 Å². The van der Waals surface area contributed by atoms with E-state index in [9.17, 15) is 4.79 Å². The molecule has 0 aliphatic carbocycles. The highest BCUT2D eigenvalue weighted by molar-refractivity contribution is 5.94. The van der Waals surface area contributed by atoms with Crippen molar-refractivity contribution in [3.63, 3.8) is 0 Å². The number of carbonyl (C=O) groups excluding carboxylic acids is 1. The quantitative estimate of drug-likeness (QED) is 0.698.